The van der Waals surface area contributed by atoms with Crippen molar-refractivity contribution in [3.05, 3.63) is 20.3 Å². The Hall–Kier alpha value is 0.240. The smallest absolute Gasteiger partial charge is 0.0991 e. The van der Waals surface area contributed by atoms with Crippen LogP contribution in [0, 0.1) is 5.92 Å². The van der Waals surface area contributed by atoms with Crippen LogP contribution < -0.4 is 5.32 Å². The van der Waals surface area contributed by atoms with Gasteiger partial charge in [0.2, 0.25) is 0 Å². The van der Waals surface area contributed by atoms with E-state index in [9.17, 15) is 0 Å². The third kappa shape index (κ3) is 4.91. The van der Waals surface area contributed by atoms with Gasteiger partial charge in [0, 0.05) is 11.6 Å². The molecule has 1 saturated carbocycles. The zero-order valence-corrected chi connectivity index (χ0v) is 14.6. The standard InChI is InChI=1S/C16H25Cl2NS/c1-2-10-19-14(13-11-15(17)20-16(13)18)9-8-12-6-4-3-5-7-12/h11-12,14,19H,2-10H2,1H3. The third-order valence-electron chi connectivity index (χ3n) is 4.29. The molecule has 1 aromatic heterocycles. The minimum atomic E-state index is 0.369. The molecule has 0 aromatic carbocycles. The second-order valence-electron chi connectivity index (χ2n) is 5.87. The molecule has 1 aliphatic carbocycles. The molecule has 0 bridgehead atoms. The van der Waals surface area contributed by atoms with Crippen LogP contribution in [0.4, 0.5) is 0 Å². The fraction of sp³-hybridized carbons (Fsp3) is 0.750. The Labute approximate surface area is 137 Å². The first-order valence-electron chi connectivity index (χ1n) is 7.88. The molecule has 1 unspecified atom stereocenters. The van der Waals surface area contributed by atoms with Crippen LogP contribution in [0.3, 0.4) is 0 Å². The van der Waals surface area contributed by atoms with E-state index in [1.165, 1.54) is 61.8 Å². The summed E-state index contributed by atoms with van der Waals surface area (Å²) >= 11 is 13.9. The molecule has 1 aliphatic rings. The van der Waals surface area contributed by atoms with Crippen molar-refractivity contribution in [3.8, 4) is 0 Å². The highest BCUT2D eigenvalue weighted by Gasteiger charge is 2.20. The molecule has 0 amide bonds. The lowest BCUT2D eigenvalue weighted by Crippen LogP contribution is -2.23. The Kier molecular flexibility index (Phi) is 7.16. The molecule has 1 aromatic rings. The van der Waals surface area contributed by atoms with Crippen LogP contribution in [0.15, 0.2) is 6.07 Å². The minimum Gasteiger partial charge on any atom is -0.310 e. The summed E-state index contributed by atoms with van der Waals surface area (Å²) in [6.45, 7) is 3.24. The third-order valence-corrected chi connectivity index (χ3v) is 5.81. The summed E-state index contributed by atoms with van der Waals surface area (Å²) in [5, 5.41) is 3.64. The van der Waals surface area contributed by atoms with E-state index in [2.05, 4.69) is 12.2 Å². The topological polar surface area (TPSA) is 12.0 Å². The maximum absolute atomic E-state index is 6.33. The number of hydrogen-bond donors (Lipinski definition) is 1. The molecule has 0 spiro atoms. The van der Waals surface area contributed by atoms with Crippen molar-refractivity contribution in [3.63, 3.8) is 0 Å². The number of rotatable bonds is 7. The van der Waals surface area contributed by atoms with Crippen molar-refractivity contribution in [2.24, 2.45) is 5.92 Å². The van der Waals surface area contributed by atoms with Gasteiger partial charge in [0.1, 0.15) is 0 Å². The van der Waals surface area contributed by atoms with Gasteiger partial charge < -0.3 is 5.32 Å². The molecule has 0 aliphatic heterocycles. The van der Waals surface area contributed by atoms with Gasteiger partial charge in [-0.05, 0) is 37.8 Å². The molecular formula is C16H25Cl2NS. The zero-order valence-electron chi connectivity index (χ0n) is 12.3. The summed E-state index contributed by atoms with van der Waals surface area (Å²) in [7, 11) is 0. The van der Waals surface area contributed by atoms with Crippen molar-refractivity contribution in [1.82, 2.24) is 5.32 Å². The van der Waals surface area contributed by atoms with E-state index >= 15 is 0 Å². The fourth-order valence-corrected chi connectivity index (χ4v) is 4.73. The Morgan fingerprint density at radius 2 is 2.05 bits per heavy atom. The maximum atomic E-state index is 6.33. The quantitative estimate of drug-likeness (QED) is 0.603. The average Bonchev–Trinajstić information content (AvgIpc) is 2.79. The lowest BCUT2D eigenvalue weighted by molar-refractivity contribution is 0.314. The van der Waals surface area contributed by atoms with Crippen molar-refractivity contribution < 1.29 is 0 Å². The first kappa shape index (κ1) is 16.6. The maximum Gasteiger partial charge on any atom is 0.0991 e. The highest BCUT2D eigenvalue weighted by Crippen LogP contribution is 2.38. The van der Waals surface area contributed by atoms with Gasteiger partial charge in [-0.3, -0.25) is 0 Å². The fourth-order valence-electron chi connectivity index (χ4n) is 3.15. The highest BCUT2D eigenvalue weighted by atomic mass is 35.5. The largest absolute Gasteiger partial charge is 0.310 e. The van der Waals surface area contributed by atoms with Crippen molar-refractivity contribution in [2.75, 3.05) is 6.54 Å². The molecule has 1 nitrogen and oxygen atoms in total. The molecule has 20 heavy (non-hydrogen) atoms. The number of thiophene rings is 1. The van der Waals surface area contributed by atoms with Crippen molar-refractivity contribution in [1.29, 1.82) is 0 Å². The van der Waals surface area contributed by atoms with Gasteiger partial charge in [-0.1, -0.05) is 62.2 Å². The van der Waals surface area contributed by atoms with Gasteiger partial charge in [0.15, 0.2) is 0 Å². The van der Waals surface area contributed by atoms with E-state index in [-0.39, 0.29) is 0 Å². The molecule has 114 valence electrons. The second kappa shape index (κ2) is 8.63. The van der Waals surface area contributed by atoms with Crippen LogP contribution in [-0.2, 0) is 0 Å². The van der Waals surface area contributed by atoms with E-state index < -0.39 is 0 Å². The van der Waals surface area contributed by atoms with E-state index in [4.69, 9.17) is 23.2 Å². The predicted molar refractivity (Wildman–Crippen MR) is 91.2 cm³/mol. The first-order valence-corrected chi connectivity index (χ1v) is 9.46. The van der Waals surface area contributed by atoms with Crippen LogP contribution in [0.2, 0.25) is 8.67 Å². The molecule has 1 N–H and O–H groups in total. The van der Waals surface area contributed by atoms with Gasteiger partial charge in [-0.15, -0.1) is 11.3 Å². The summed E-state index contributed by atoms with van der Waals surface area (Å²) < 4.78 is 1.65. The molecule has 1 atom stereocenters. The summed E-state index contributed by atoms with van der Waals surface area (Å²) in [6.07, 6.45) is 10.7. The summed E-state index contributed by atoms with van der Waals surface area (Å²) in [4.78, 5) is 0. The van der Waals surface area contributed by atoms with E-state index in [0.29, 0.717) is 6.04 Å². The lowest BCUT2D eigenvalue weighted by atomic mass is 9.84. The summed E-state index contributed by atoms with van der Waals surface area (Å²) in [5.74, 6) is 0.919. The number of halogens is 2. The first-order chi connectivity index (χ1) is 9.70. The summed E-state index contributed by atoms with van der Waals surface area (Å²) in [6, 6.07) is 2.41. The molecule has 4 heteroatoms. The van der Waals surface area contributed by atoms with Crippen LogP contribution >= 0.6 is 34.5 Å². The van der Waals surface area contributed by atoms with Crippen LogP contribution in [-0.4, -0.2) is 6.54 Å². The Morgan fingerprint density at radius 1 is 1.30 bits per heavy atom. The predicted octanol–water partition coefficient (Wildman–Crippen LogP) is 6.46. The average molecular weight is 334 g/mol. The lowest BCUT2D eigenvalue weighted by Gasteiger charge is -2.25. The zero-order chi connectivity index (χ0) is 14.4. The Balaban J connectivity index is 1.94. The van der Waals surface area contributed by atoms with Crippen LogP contribution in [0.25, 0.3) is 0 Å². The molecule has 1 heterocycles. The van der Waals surface area contributed by atoms with Gasteiger partial charge in [-0.2, -0.15) is 0 Å². The number of nitrogens with one attached hydrogen (secondary N) is 1. The summed E-state index contributed by atoms with van der Waals surface area (Å²) in [5.41, 5.74) is 1.20. The second-order valence-corrected chi connectivity index (χ2v) is 8.15. The Bertz CT molecular complexity index is 399. The monoisotopic (exact) mass is 333 g/mol. The highest BCUT2D eigenvalue weighted by molar-refractivity contribution is 7.20. The molecular weight excluding hydrogens is 309 g/mol. The van der Waals surface area contributed by atoms with Gasteiger partial charge in [-0.25, -0.2) is 0 Å². The van der Waals surface area contributed by atoms with Gasteiger partial charge in [0.25, 0.3) is 0 Å². The molecule has 1 fully saturated rings. The van der Waals surface area contributed by atoms with Gasteiger partial charge in [0.05, 0.1) is 8.67 Å². The van der Waals surface area contributed by atoms with Crippen LogP contribution in [0.1, 0.15) is 69.9 Å². The van der Waals surface area contributed by atoms with Crippen LogP contribution in [0.5, 0.6) is 0 Å². The van der Waals surface area contributed by atoms with Crippen molar-refractivity contribution in [2.45, 2.75) is 64.3 Å². The number of hydrogen-bond acceptors (Lipinski definition) is 2. The SMILES string of the molecule is CCCNC(CCC1CCCCC1)c1cc(Cl)sc1Cl. The van der Waals surface area contributed by atoms with Crippen molar-refractivity contribution >= 4 is 34.5 Å². The molecule has 0 saturated heterocycles. The minimum absolute atomic E-state index is 0.369. The van der Waals surface area contributed by atoms with E-state index in [1.807, 2.05) is 6.07 Å². The normalized spacial score (nSPS) is 18.4. The molecule has 0 radical (unpaired) electrons. The van der Waals surface area contributed by atoms with Gasteiger partial charge >= 0.3 is 0 Å². The Morgan fingerprint density at radius 3 is 2.65 bits per heavy atom. The van der Waals surface area contributed by atoms with E-state index in [1.54, 1.807) is 0 Å². The molecule has 2 rings (SSSR count). The van der Waals surface area contributed by atoms with E-state index in [0.717, 1.165) is 27.6 Å².